The van der Waals surface area contributed by atoms with E-state index in [4.69, 9.17) is 4.74 Å². The second-order valence-electron chi connectivity index (χ2n) is 6.63. The zero-order valence-electron chi connectivity index (χ0n) is 16.4. The number of ether oxygens (including phenoxy) is 1. The van der Waals surface area contributed by atoms with Crippen LogP contribution in [-0.4, -0.2) is 33.3 Å². The molecular formula is C21H22N4O4. The van der Waals surface area contributed by atoms with E-state index in [1.165, 1.54) is 6.92 Å². The van der Waals surface area contributed by atoms with E-state index in [-0.39, 0.29) is 12.2 Å². The van der Waals surface area contributed by atoms with Crippen molar-refractivity contribution in [2.75, 3.05) is 0 Å². The lowest BCUT2D eigenvalue weighted by molar-refractivity contribution is -0.132. The monoisotopic (exact) mass is 394 g/mol. The van der Waals surface area contributed by atoms with Crippen molar-refractivity contribution in [1.29, 1.82) is 0 Å². The number of carbonyl (C=O) groups is 3. The highest BCUT2D eigenvalue weighted by Gasteiger charge is 2.17. The topological polar surface area (TPSA) is 102 Å². The van der Waals surface area contributed by atoms with Crippen molar-refractivity contribution in [2.24, 2.45) is 7.05 Å². The minimum absolute atomic E-state index is 0.0210. The number of para-hydroxylation sites is 2. The first-order valence-corrected chi connectivity index (χ1v) is 9.12. The van der Waals surface area contributed by atoms with Gasteiger partial charge in [-0.15, -0.1) is 0 Å². The first kappa shape index (κ1) is 20.1. The van der Waals surface area contributed by atoms with Crippen LogP contribution in [0.25, 0.3) is 11.0 Å². The summed E-state index contributed by atoms with van der Waals surface area (Å²) in [5.41, 5.74) is 7.02. The van der Waals surface area contributed by atoms with Crippen molar-refractivity contribution in [1.82, 2.24) is 20.4 Å². The molecule has 2 N–H and O–H groups in total. The molecule has 0 radical (unpaired) electrons. The number of benzene rings is 2. The van der Waals surface area contributed by atoms with Gasteiger partial charge in [-0.2, -0.15) is 0 Å². The lowest BCUT2D eigenvalue weighted by Crippen LogP contribution is -2.47. The van der Waals surface area contributed by atoms with Crippen LogP contribution in [0.1, 0.15) is 30.0 Å². The van der Waals surface area contributed by atoms with Gasteiger partial charge in [-0.3, -0.25) is 25.2 Å². The summed E-state index contributed by atoms with van der Waals surface area (Å²) in [6, 6.07) is 14.1. The zero-order chi connectivity index (χ0) is 21.0. The number of ketones is 1. The number of fused-ring (bicyclic) bond motifs is 1. The molecule has 0 saturated heterocycles. The summed E-state index contributed by atoms with van der Waals surface area (Å²) in [7, 11) is 1.84. The predicted molar refractivity (Wildman–Crippen MR) is 107 cm³/mol. The highest BCUT2D eigenvalue weighted by atomic mass is 16.5. The van der Waals surface area contributed by atoms with E-state index in [1.54, 1.807) is 31.2 Å². The number of nitrogens with one attached hydrogen (secondary N) is 2. The highest BCUT2D eigenvalue weighted by Crippen LogP contribution is 2.15. The summed E-state index contributed by atoms with van der Waals surface area (Å²) < 4.78 is 7.37. The van der Waals surface area contributed by atoms with Crippen LogP contribution in [0.5, 0.6) is 5.75 Å². The summed E-state index contributed by atoms with van der Waals surface area (Å²) in [5.74, 6) is 0.0934. The molecule has 0 spiro atoms. The number of aryl methyl sites for hydroxylation is 1. The number of carbonyl (C=O) groups excluding carboxylic acids is 3. The second kappa shape index (κ2) is 8.55. The number of hydrogen-bond acceptors (Lipinski definition) is 5. The predicted octanol–water partition coefficient (Wildman–Crippen LogP) is 1.93. The van der Waals surface area contributed by atoms with Crippen molar-refractivity contribution in [3.05, 3.63) is 59.9 Å². The van der Waals surface area contributed by atoms with Crippen LogP contribution in [0.3, 0.4) is 0 Å². The summed E-state index contributed by atoms with van der Waals surface area (Å²) >= 11 is 0. The Morgan fingerprint density at radius 3 is 2.41 bits per heavy atom. The summed E-state index contributed by atoms with van der Waals surface area (Å²) in [4.78, 5) is 40.1. The number of hydrazine groups is 1. The molecule has 2 amide bonds. The van der Waals surface area contributed by atoms with Crippen molar-refractivity contribution < 1.29 is 19.1 Å². The molecule has 1 unspecified atom stereocenters. The van der Waals surface area contributed by atoms with E-state index in [0.717, 1.165) is 11.0 Å². The Labute approximate surface area is 167 Å². The number of imidazole rings is 1. The van der Waals surface area contributed by atoms with Gasteiger partial charge in [0.2, 0.25) is 5.91 Å². The van der Waals surface area contributed by atoms with Crippen LogP contribution in [0.2, 0.25) is 0 Å². The average molecular weight is 394 g/mol. The number of hydrogen-bond donors (Lipinski definition) is 2. The van der Waals surface area contributed by atoms with Crippen molar-refractivity contribution in [3.8, 4) is 5.75 Å². The lowest BCUT2D eigenvalue weighted by atomic mass is 10.1. The van der Waals surface area contributed by atoms with E-state index in [0.29, 0.717) is 17.1 Å². The molecule has 2 aromatic carbocycles. The molecular weight excluding hydrogens is 372 g/mol. The van der Waals surface area contributed by atoms with Crippen LogP contribution in [0.15, 0.2) is 48.5 Å². The maximum absolute atomic E-state index is 12.2. The van der Waals surface area contributed by atoms with Gasteiger partial charge in [0.15, 0.2) is 11.9 Å². The minimum atomic E-state index is -0.839. The Morgan fingerprint density at radius 1 is 1.07 bits per heavy atom. The van der Waals surface area contributed by atoms with E-state index >= 15 is 0 Å². The van der Waals surface area contributed by atoms with Gasteiger partial charge in [-0.1, -0.05) is 12.1 Å². The maximum Gasteiger partial charge on any atom is 0.279 e. The molecule has 8 nitrogen and oxygen atoms in total. The third-order valence-electron chi connectivity index (χ3n) is 4.47. The summed E-state index contributed by atoms with van der Waals surface area (Å²) in [6.45, 7) is 3.04. The lowest BCUT2D eigenvalue weighted by Gasteiger charge is -2.15. The quantitative estimate of drug-likeness (QED) is 0.491. The smallest absolute Gasteiger partial charge is 0.279 e. The van der Waals surface area contributed by atoms with Gasteiger partial charge in [-0.25, -0.2) is 4.98 Å². The Kier molecular flexibility index (Phi) is 5.92. The van der Waals surface area contributed by atoms with Gasteiger partial charge < -0.3 is 9.30 Å². The standard InChI is InChI=1S/C21H22N4O4/c1-13(26)15-8-10-16(11-9-15)29-14(2)21(28)24-23-20(27)12-19-22-17-6-4-5-7-18(17)25(19)3/h4-11,14H,12H2,1-3H3,(H,23,27)(H,24,28). The van der Waals surface area contributed by atoms with Crippen molar-refractivity contribution >= 4 is 28.6 Å². The molecule has 0 fully saturated rings. The Hall–Kier alpha value is -3.68. The van der Waals surface area contributed by atoms with Crippen molar-refractivity contribution in [2.45, 2.75) is 26.4 Å². The number of Topliss-reactive ketones (excluding diaryl/α,β-unsaturated/α-hetero) is 1. The molecule has 1 aromatic heterocycles. The summed E-state index contributed by atoms with van der Waals surface area (Å²) in [6.07, 6.45) is -0.818. The highest BCUT2D eigenvalue weighted by molar-refractivity contribution is 5.94. The third-order valence-corrected chi connectivity index (χ3v) is 4.47. The fraction of sp³-hybridized carbons (Fsp3) is 0.238. The Bertz CT molecular complexity index is 1060. The van der Waals surface area contributed by atoms with Gasteiger partial charge in [0.05, 0.1) is 17.5 Å². The first-order chi connectivity index (χ1) is 13.8. The maximum atomic E-state index is 12.2. The number of amides is 2. The molecule has 3 rings (SSSR count). The number of rotatable bonds is 6. The molecule has 29 heavy (non-hydrogen) atoms. The molecule has 0 aliphatic heterocycles. The van der Waals surface area contributed by atoms with Gasteiger partial charge in [0, 0.05) is 12.6 Å². The van der Waals surface area contributed by atoms with E-state index in [9.17, 15) is 14.4 Å². The molecule has 8 heteroatoms. The second-order valence-corrected chi connectivity index (χ2v) is 6.63. The minimum Gasteiger partial charge on any atom is -0.481 e. The van der Waals surface area contributed by atoms with Crippen LogP contribution in [0.4, 0.5) is 0 Å². The first-order valence-electron chi connectivity index (χ1n) is 9.12. The molecule has 150 valence electrons. The van der Waals surface area contributed by atoms with E-state index in [1.807, 2.05) is 35.9 Å². The number of aromatic nitrogens is 2. The fourth-order valence-corrected chi connectivity index (χ4v) is 2.80. The van der Waals surface area contributed by atoms with Crippen LogP contribution < -0.4 is 15.6 Å². The average Bonchev–Trinajstić information content (AvgIpc) is 3.02. The van der Waals surface area contributed by atoms with Crippen LogP contribution >= 0.6 is 0 Å². The largest absolute Gasteiger partial charge is 0.481 e. The van der Waals surface area contributed by atoms with Gasteiger partial charge in [-0.05, 0) is 50.2 Å². The molecule has 0 bridgehead atoms. The SMILES string of the molecule is CC(=O)c1ccc(OC(C)C(=O)NNC(=O)Cc2nc3ccccc3n2C)cc1. The zero-order valence-corrected chi connectivity index (χ0v) is 16.4. The molecule has 3 aromatic rings. The third kappa shape index (κ3) is 4.78. The molecule has 0 saturated carbocycles. The summed E-state index contributed by atoms with van der Waals surface area (Å²) in [5, 5.41) is 0. The molecule has 0 aliphatic carbocycles. The molecule has 1 atom stereocenters. The Balaban J connectivity index is 1.51. The van der Waals surface area contributed by atoms with Crippen LogP contribution in [-0.2, 0) is 23.1 Å². The van der Waals surface area contributed by atoms with E-state index in [2.05, 4.69) is 15.8 Å². The normalized spacial score (nSPS) is 11.7. The molecule has 0 aliphatic rings. The van der Waals surface area contributed by atoms with Gasteiger partial charge in [0.1, 0.15) is 11.6 Å². The Morgan fingerprint density at radius 2 is 1.76 bits per heavy atom. The van der Waals surface area contributed by atoms with E-state index < -0.39 is 17.9 Å². The fourth-order valence-electron chi connectivity index (χ4n) is 2.80. The van der Waals surface area contributed by atoms with Crippen molar-refractivity contribution in [3.63, 3.8) is 0 Å². The van der Waals surface area contributed by atoms with Crippen LogP contribution in [0, 0.1) is 0 Å². The molecule has 1 heterocycles. The number of nitrogens with zero attached hydrogens (tertiary/aromatic N) is 2. The van der Waals surface area contributed by atoms with Gasteiger partial charge in [0.25, 0.3) is 5.91 Å². The van der Waals surface area contributed by atoms with Gasteiger partial charge >= 0.3 is 0 Å².